The fourth-order valence-electron chi connectivity index (χ4n) is 0.484. The first-order valence-electron chi connectivity index (χ1n) is 3.29. The van der Waals surface area contributed by atoms with Gasteiger partial charge in [-0.15, -0.1) is 0 Å². The van der Waals surface area contributed by atoms with E-state index in [1.54, 1.807) is 0 Å². The first kappa shape index (κ1) is 10.5. The third kappa shape index (κ3) is 3.60. The molecule has 0 aliphatic rings. The third-order valence-corrected chi connectivity index (χ3v) is 0.969. The van der Waals surface area contributed by atoms with Crippen molar-refractivity contribution >= 4 is 23.8 Å². The fourth-order valence-corrected chi connectivity index (χ4v) is 0.484. The van der Waals surface area contributed by atoms with Crippen molar-refractivity contribution in [2.24, 2.45) is 0 Å². The second-order valence-electron chi connectivity index (χ2n) is 1.90. The van der Waals surface area contributed by atoms with Crippen molar-refractivity contribution in [3.05, 3.63) is 0 Å². The van der Waals surface area contributed by atoms with Gasteiger partial charge in [0.1, 0.15) is 0 Å². The van der Waals surface area contributed by atoms with E-state index in [0.717, 1.165) is 0 Å². The summed E-state index contributed by atoms with van der Waals surface area (Å²) in [4.78, 5) is 41.3. The molecule has 0 spiro atoms. The standard InChI is InChI=1S/C7H8O5/c1-2-12-7(11)6(10)3-5(9)4-8/h4H,2-3H2,1H3. The molecule has 0 unspecified atom stereocenters. The minimum atomic E-state index is -1.08. The lowest BCUT2D eigenvalue weighted by Gasteiger charge is -1.96. The number of aldehydes is 1. The highest BCUT2D eigenvalue weighted by molar-refractivity contribution is 6.42. The van der Waals surface area contributed by atoms with Gasteiger partial charge >= 0.3 is 5.97 Å². The Morgan fingerprint density at radius 3 is 2.33 bits per heavy atom. The summed E-state index contributed by atoms with van der Waals surface area (Å²) in [6.45, 7) is 1.60. The van der Waals surface area contributed by atoms with Gasteiger partial charge in [0.2, 0.25) is 11.6 Å². The van der Waals surface area contributed by atoms with E-state index in [-0.39, 0.29) is 12.9 Å². The third-order valence-electron chi connectivity index (χ3n) is 0.969. The first-order chi connectivity index (χ1) is 5.61. The highest BCUT2D eigenvalue weighted by Gasteiger charge is 2.17. The van der Waals surface area contributed by atoms with Crippen LogP contribution >= 0.6 is 0 Å². The quantitative estimate of drug-likeness (QED) is 0.236. The van der Waals surface area contributed by atoms with Gasteiger partial charge in [-0.2, -0.15) is 0 Å². The van der Waals surface area contributed by atoms with E-state index in [4.69, 9.17) is 0 Å². The topological polar surface area (TPSA) is 77.5 Å². The molecule has 0 saturated heterocycles. The normalized spacial score (nSPS) is 8.75. The number of ether oxygens (including phenoxy) is 1. The lowest BCUT2D eigenvalue weighted by Crippen LogP contribution is -2.20. The smallest absolute Gasteiger partial charge is 0.375 e. The molecule has 0 rings (SSSR count). The Hall–Kier alpha value is -1.52. The molecular weight excluding hydrogens is 164 g/mol. The monoisotopic (exact) mass is 172 g/mol. The second kappa shape index (κ2) is 5.17. The molecule has 0 heterocycles. The van der Waals surface area contributed by atoms with E-state index in [0.29, 0.717) is 0 Å². The highest BCUT2D eigenvalue weighted by Crippen LogP contribution is 1.88. The molecule has 0 saturated carbocycles. The molecule has 0 bridgehead atoms. The summed E-state index contributed by atoms with van der Waals surface area (Å²) in [7, 11) is 0. The molecule has 0 atom stereocenters. The van der Waals surface area contributed by atoms with Crippen LogP contribution in [0.15, 0.2) is 0 Å². The van der Waals surface area contributed by atoms with Gasteiger partial charge < -0.3 is 4.74 Å². The SMILES string of the molecule is CCOC(=O)C(=O)CC(=O)C=O. The number of carbonyl (C=O) groups excluding carboxylic acids is 4. The molecule has 5 heteroatoms. The Kier molecular flexibility index (Phi) is 4.52. The minimum absolute atomic E-state index is 0.00285. The Morgan fingerprint density at radius 2 is 1.92 bits per heavy atom. The molecule has 0 aromatic rings. The molecule has 66 valence electrons. The number of carbonyl (C=O) groups is 4. The van der Waals surface area contributed by atoms with Gasteiger partial charge in [-0.1, -0.05) is 0 Å². The maximum absolute atomic E-state index is 10.6. The van der Waals surface area contributed by atoms with Crippen LogP contribution in [0.3, 0.4) is 0 Å². The predicted molar refractivity (Wildman–Crippen MR) is 37.3 cm³/mol. The van der Waals surface area contributed by atoms with Gasteiger partial charge in [0, 0.05) is 0 Å². The maximum atomic E-state index is 10.6. The van der Waals surface area contributed by atoms with Gasteiger partial charge in [-0.25, -0.2) is 4.79 Å². The lowest BCUT2D eigenvalue weighted by molar-refractivity contribution is -0.154. The zero-order valence-electron chi connectivity index (χ0n) is 6.53. The molecule has 0 amide bonds. The van der Waals surface area contributed by atoms with E-state index in [2.05, 4.69) is 4.74 Å². The summed E-state index contributed by atoms with van der Waals surface area (Å²) >= 11 is 0. The van der Waals surface area contributed by atoms with Gasteiger partial charge in [0.15, 0.2) is 6.29 Å². The molecule has 0 fully saturated rings. The Bertz CT molecular complexity index is 218. The van der Waals surface area contributed by atoms with Crippen molar-refractivity contribution in [2.45, 2.75) is 13.3 Å². The zero-order chi connectivity index (χ0) is 9.56. The lowest BCUT2D eigenvalue weighted by atomic mass is 10.2. The maximum Gasteiger partial charge on any atom is 0.375 e. The molecule has 5 nitrogen and oxygen atoms in total. The molecule has 0 aromatic heterocycles. The van der Waals surface area contributed by atoms with E-state index >= 15 is 0 Å². The van der Waals surface area contributed by atoms with Crippen LogP contribution in [0.2, 0.25) is 0 Å². The number of ketones is 2. The van der Waals surface area contributed by atoms with Crippen LogP contribution in [0.4, 0.5) is 0 Å². The molecule has 0 radical (unpaired) electrons. The van der Waals surface area contributed by atoms with E-state index in [1.807, 2.05) is 0 Å². The van der Waals surface area contributed by atoms with Crippen molar-refractivity contribution in [1.29, 1.82) is 0 Å². The number of Topliss-reactive ketones (excluding diaryl/α,β-unsaturated/α-hetero) is 2. The van der Waals surface area contributed by atoms with Crippen molar-refractivity contribution in [1.82, 2.24) is 0 Å². The van der Waals surface area contributed by atoms with Crippen LogP contribution in [-0.2, 0) is 23.9 Å². The van der Waals surface area contributed by atoms with Gasteiger partial charge in [0.25, 0.3) is 0 Å². The van der Waals surface area contributed by atoms with Crippen molar-refractivity contribution < 1.29 is 23.9 Å². The average Bonchev–Trinajstić information content (AvgIpc) is 2.04. The number of esters is 1. The Morgan fingerprint density at radius 1 is 1.33 bits per heavy atom. The van der Waals surface area contributed by atoms with E-state index in [9.17, 15) is 19.2 Å². The number of rotatable bonds is 5. The first-order valence-corrected chi connectivity index (χ1v) is 3.29. The Labute approximate surface area is 68.7 Å². The second-order valence-corrected chi connectivity index (χ2v) is 1.90. The minimum Gasteiger partial charge on any atom is -0.460 e. The molecule has 12 heavy (non-hydrogen) atoms. The van der Waals surface area contributed by atoms with E-state index < -0.39 is 24.0 Å². The summed E-state index contributed by atoms with van der Waals surface area (Å²) in [6.07, 6.45) is -0.709. The average molecular weight is 172 g/mol. The summed E-state index contributed by atoms with van der Waals surface area (Å²) in [5.74, 6) is -2.99. The van der Waals surface area contributed by atoms with Crippen molar-refractivity contribution in [2.75, 3.05) is 6.61 Å². The van der Waals surface area contributed by atoms with Crippen LogP contribution in [0.5, 0.6) is 0 Å². The molecular formula is C7H8O5. The molecule has 0 aliphatic heterocycles. The summed E-state index contributed by atoms with van der Waals surface area (Å²) in [5.41, 5.74) is 0. The number of hydrogen-bond donors (Lipinski definition) is 0. The van der Waals surface area contributed by atoms with Crippen LogP contribution in [-0.4, -0.2) is 30.4 Å². The zero-order valence-corrected chi connectivity index (χ0v) is 6.53. The molecule has 0 aliphatic carbocycles. The largest absolute Gasteiger partial charge is 0.460 e. The van der Waals surface area contributed by atoms with Crippen LogP contribution < -0.4 is 0 Å². The van der Waals surface area contributed by atoms with Gasteiger partial charge in [-0.3, -0.25) is 14.4 Å². The van der Waals surface area contributed by atoms with Gasteiger partial charge in [-0.05, 0) is 6.92 Å². The highest BCUT2D eigenvalue weighted by atomic mass is 16.5. The molecule has 0 N–H and O–H groups in total. The van der Waals surface area contributed by atoms with Crippen molar-refractivity contribution in [3.63, 3.8) is 0 Å². The summed E-state index contributed by atoms with van der Waals surface area (Å²) in [6, 6.07) is 0. The predicted octanol–water partition coefficient (Wildman–Crippen LogP) is -0.723. The number of hydrogen-bond acceptors (Lipinski definition) is 5. The van der Waals surface area contributed by atoms with Gasteiger partial charge in [0.05, 0.1) is 13.0 Å². The fraction of sp³-hybridized carbons (Fsp3) is 0.429. The van der Waals surface area contributed by atoms with Crippen LogP contribution in [0.25, 0.3) is 0 Å². The summed E-state index contributed by atoms with van der Waals surface area (Å²) in [5, 5.41) is 0. The van der Waals surface area contributed by atoms with E-state index in [1.165, 1.54) is 6.92 Å². The summed E-state index contributed by atoms with van der Waals surface area (Å²) < 4.78 is 4.29. The van der Waals surface area contributed by atoms with Crippen molar-refractivity contribution in [3.8, 4) is 0 Å². The molecule has 0 aromatic carbocycles. The van der Waals surface area contributed by atoms with Crippen LogP contribution in [0, 0.1) is 0 Å². The van der Waals surface area contributed by atoms with Crippen LogP contribution in [0.1, 0.15) is 13.3 Å². The Balaban J connectivity index is 3.95.